The number of ether oxygens (including phenoxy) is 1. The van der Waals surface area contributed by atoms with Crippen molar-refractivity contribution in [3.8, 4) is 22.7 Å². The maximum atomic E-state index is 12.8. The number of aromatic nitrogens is 2. The van der Waals surface area contributed by atoms with Gasteiger partial charge in [-0.3, -0.25) is 5.43 Å². The minimum Gasteiger partial charge on any atom is -0.497 e. The minimum atomic E-state index is -4.36. The highest BCUT2D eigenvalue weighted by atomic mass is 32.1. The monoisotopic (exact) mass is 495 g/mol. The summed E-state index contributed by atoms with van der Waals surface area (Å²) >= 11 is 5.23. The summed E-state index contributed by atoms with van der Waals surface area (Å²) in [5.41, 5.74) is 5.74. The van der Waals surface area contributed by atoms with E-state index in [9.17, 15) is 13.2 Å². The van der Waals surface area contributed by atoms with Crippen molar-refractivity contribution in [2.45, 2.75) is 6.18 Å². The number of alkyl halides is 3. The lowest BCUT2D eigenvalue weighted by molar-refractivity contribution is -0.137. The molecular weight excluding hydrogens is 475 g/mol. The largest absolute Gasteiger partial charge is 0.497 e. The molecule has 1 aromatic heterocycles. The van der Waals surface area contributed by atoms with Crippen LogP contribution in [0.5, 0.6) is 5.75 Å². The first kappa shape index (κ1) is 24.0. The first-order valence-corrected chi connectivity index (χ1v) is 10.8. The fourth-order valence-corrected chi connectivity index (χ4v) is 3.34. The second kappa shape index (κ2) is 10.4. The molecular formula is C25H20F3N5OS. The maximum absolute atomic E-state index is 12.8. The lowest BCUT2D eigenvalue weighted by atomic mass is 10.1. The van der Waals surface area contributed by atoms with E-state index >= 15 is 0 Å². The Morgan fingerprint density at radius 2 is 1.69 bits per heavy atom. The number of rotatable bonds is 6. The Labute approximate surface area is 205 Å². The third-order valence-corrected chi connectivity index (χ3v) is 5.20. The summed E-state index contributed by atoms with van der Waals surface area (Å²) in [6.07, 6.45) is 0.640. The molecule has 0 bridgehead atoms. The van der Waals surface area contributed by atoms with Gasteiger partial charge in [-0.25, -0.2) is 4.98 Å². The number of imidazole rings is 1. The lowest BCUT2D eigenvalue weighted by Gasteiger charge is -2.07. The SMILES string of the molecule is COc1ccc(NC(=S)NN=Cc2ccc(-n3cnc(-c4ccc(C(F)(F)F)cc4)c3)cc2)cc1. The Kier molecular flexibility index (Phi) is 7.11. The molecule has 3 aromatic carbocycles. The molecule has 4 aromatic rings. The van der Waals surface area contributed by atoms with Crippen LogP contribution < -0.4 is 15.5 Å². The number of hydrazone groups is 1. The van der Waals surface area contributed by atoms with Crippen LogP contribution in [-0.4, -0.2) is 28.0 Å². The Balaban J connectivity index is 1.34. The fourth-order valence-electron chi connectivity index (χ4n) is 3.17. The Morgan fingerprint density at radius 1 is 1.00 bits per heavy atom. The predicted octanol–water partition coefficient (Wildman–Crippen LogP) is 5.89. The highest BCUT2D eigenvalue weighted by molar-refractivity contribution is 7.80. The van der Waals surface area contributed by atoms with E-state index in [2.05, 4.69) is 20.8 Å². The van der Waals surface area contributed by atoms with E-state index in [1.807, 2.05) is 48.5 Å². The molecule has 0 unspecified atom stereocenters. The molecule has 0 aliphatic heterocycles. The van der Waals surface area contributed by atoms with Crippen molar-refractivity contribution >= 4 is 29.2 Å². The highest BCUT2D eigenvalue weighted by Crippen LogP contribution is 2.30. The topological polar surface area (TPSA) is 63.5 Å². The van der Waals surface area contributed by atoms with Crippen molar-refractivity contribution in [2.75, 3.05) is 12.4 Å². The molecule has 0 radical (unpaired) electrons. The van der Waals surface area contributed by atoms with E-state index in [0.29, 0.717) is 16.4 Å². The lowest BCUT2D eigenvalue weighted by Crippen LogP contribution is -2.23. The summed E-state index contributed by atoms with van der Waals surface area (Å²) in [4.78, 5) is 4.31. The van der Waals surface area contributed by atoms with Gasteiger partial charge in [-0.15, -0.1) is 0 Å². The van der Waals surface area contributed by atoms with Gasteiger partial charge in [0, 0.05) is 23.1 Å². The summed E-state index contributed by atoms with van der Waals surface area (Å²) in [5, 5.41) is 7.51. The van der Waals surface area contributed by atoms with Crippen LogP contribution in [0.1, 0.15) is 11.1 Å². The number of nitrogens with zero attached hydrogens (tertiary/aromatic N) is 3. The van der Waals surface area contributed by atoms with Gasteiger partial charge in [0.15, 0.2) is 5.11 Å². The second-order valence-electron chi connectivity index (χ2n) is 7.39. The van der Waals surface area contributed by atoms with Gasteiger partial charge in [-0.1, -0.05) is 24.3 Å². The van der Waals surface area contributed by atoms with Gasteiger partial charge in [-0.2, -0.15) is 18.3 Å². The van der Waals surface area contributed by atoms with E-state index in [-0.39, 0.29) is 0 Å². The van der Waals surface area contributed by atoms with Crippen LogP contribution in [0.15, 0.2) is 90.4 Å². The first-order valence-electron chi connectivity index (χ1n) is 10.4. The van der Waals surface area contributed by atoms with Crippen molar-refractivity contribution < 1.29 is 17.9 Å². The predicted molar refractivity (Wildman–Crippen MR) is 134 cm³/mol. The number of thiocarbonyl (C=S) groups is 1. The Morgan fingerprint density at radius 3 is 2.31 bits per heavy atom. The molecule has 1 heterocycles. The Bertz CT molecular complexity index is 1320. The normalized spacial score (nSPS) is 11.4. The molecule has 0 spiro atoms. The molecule has 0 saturated heterocycles. The van der Waals surface area contributed by atoms with Gasteiger partial charge in [0.25, 0.3) is 0 Å². The summed E-state index contributed by atoms with van der Waals surface area (Å²) in [6.45, 7) is 0. The third kappa shape index (κ3) is 6.24. The van der Waals surface area contributed by atoms with Crippen LogP contribution in [0.25, 0.3) is 16.9 Å². The van der Waals surface area contributed by atoms with Gasteiger partial charge < -0.3 is 14.6 Å². The van der Waals surface area contributed by atoms with Crippen molar-refractivity contribution in [2.24, 2.45) is 5.10 Å². The van der Waals surface area contributed by atoms with Crippen LogP contribution in [0.4, 0.5) is 18.9 Å². The molecule has 2 N–H and O–H groups in total. The molecule has 0 aliphatic carbocycles. The molecule has 0 atom stereocenters. The number of anilines is 1. The van der Waals surface area contributed by atoms with Crippen molar-refractivity contribution in [3.05, 3.63) is 96.4 Å². The number of halogens is 3. The van der Waals surface area contributed by atoms with Crippen molar-refractivity contribution in [1.29, 1.82) is 0 Å². The number of hydrogen-bond donors (Lipinski definition) is 2. The number of methoxy groups -OCH3 is 1. The van der Waals surface area contributed by atoms with Crippen LogP contribution in [0.3, 0.4) is 0 Å². The van der Waals surface area contributed by atoms with E-state index in [1.165, 1.54) is 12.1 Å². The van der Waals surface area contributed by atoms with E-state index in [1.54, 1.807) is 30.4 Å². The van der Waals surface area contributed by atoms with Gasteiger partial charge >= 0.3 is 6.18 Å². The summed E-state index contributed by atoms with van der Waals surface area (Å²) < 4.78 is 45.2. The summed E-state index contributed by atoms with van der Waals surface area (Å²) in [6, 6.07) is 19.8. The highest BCUT2D eigenvalue weighted by Gasteiger charge is 2.30. The summed E-state index contributed by atoms with van der Waals surface area (Å²) in [7, 11) is 1.60. The van der Waals surface area contributed by atoms with Crippen LogP contribution in [0.2, 0.25) is 0 Å². The van der Waals surface area contributed by atoms with Crippen LogP contribution in [-0.2, 0) is 6.18 Å². The smallest absolute Gasteiger partial charge is 0.416 e. The molecule has 0 aliphatic rings. The van der Waals surface area contributed by atoms with Crippen molar-refractivity contribution in [1.82, 2.24) is 15.0 Å². The number of benzene rings is 3. The summed E-state index contributed by atoms with van der Waals surface area (Å²) in [5.74, 6) is 0.752. The van der Waals surface area contributed by atoms with Gasteiger partial charge in [-0.05, 0) is 66.3 Å². The average molecular weight is 496 g/mol. The molecule has 10 heteroatoms. The number of nitrogens with one attached hydrogen (secondary N) is 2. The Hall–Kier alpha value is -4.18. The molecule has 0 fully saturated rings. The van der Waals surface area contributed by atoms with Gasteiger partial charge in [0.05, 0.1) is 30.9 Å². The quantitative estimate of drug-likeness (QED) is 0.199. The molecule has 0 amide bonds. The van der Waals surface area contributed by atoms with Crippen LogP contribution >= 0.6 is 12.2 Å². The zero-order valence-electron chi connectivity index (χ0n) is 18.5. The average Bonchev–Trinajstić information content (AvgIpc) is 3.35. The molecule has 0 saturated carbocycles. The van der Waals surface area contributed by atoms with Crippen LogP contribution in [0, 0.1) is 0 Å². The zero-order chi connectivity index (χ0) is 24.8. The zero-order valence-corrected chi connectivity index (χ0v) is 19.3. The molecule has 6 nitrogen and oxygen atoms in total. The third-order valence-electron chi connectivity index (χ3n) is 5.01. The second-order valence-corrected chi connectivity index (χ2v) is 7.79. The first-order chi connectivity index (χ1) is 16.8. The van der Waals surface area contributed by atoms with Crippen molar-refractivity contribution in [3.63, 3.8) is 0 Å². The molecule has 35 heavy (non-hydrogen) atoms. The maximum Gasteiger partial charge on any atom is 0.416 e. The van der Waals surface area contributed by atoms with E-state index in [4.69, 9.17) is 17.0 Å². The minimum absolute atomic E-state index is 0.345. The van der Waals surface area contributed by atoms with Gasteiger partial charge in [0.2, 0.25) is 0 Å². The fraction of sp³-hybridized carbons (Fsp3) is 0.0800. The standard InChI is InChI=1S/C25H20F3N5OS/c1-34-22-12-8-20(9-13-22)31-24(35)32-30-14-17-2-10-21(11-3-17)33-15-23(29-16-33)18-4-6-19(7-5-18)25(26,27)28/h2-16H,1H3,(H2,31,32,35). The molecule has 178 valence electrons. The number of hydrogen-bond acceptors (Lipinski definition) is 4. The molecule has 4 rings (SSSR count). The van der Waals surface area contributed by atoms with E-state index < -0.39 is 11.7 Å². The van der Waals surface area contributed by atoms with Gasteiger partial charge in [0.1, 0.15) is 5.75 Å². The van der Waals surface area contributed by atoms with E-state index in [0.717, 1.165) is 34.8 Å².